The molecule has 2 rings (SSSR count). The molecular weight excluding hydrogens is 317 g/mol. The maximum Gasteiger partial charge on any atom is 0.335 e. The van der Waals surface area contributed by atoms with Crippen molar-refractivity contribution in [1.82, 2.24) is 15.1 Å². The minimum Gasteiger partial charge on any atom is -0.348 e. The zero-order valence-electron chi connectivity index (χ0n) is 13.0. The van der Waals surface area contributed by atoms with Crippen LogP contribution in [-0.2, 0) is 14.4 Å². The average Bonchev–Trinajstić information content (AvgIpc) is 2.73. The lowest BCUT2D eigenvalue weighted by molar-refractivity contribution is -0.143. The van der Waals surface area contributed by atoms with Crippen LogP contribution in [0.15, 0.2) is 36.9 Å². The zero-order valence-corrected chi connectivity index (χ0v) is 13.0. The molecule has 1 aromatic carbocycles. The van der Waals surface area contributed by atoms with Gasteiger partial charge in [-0.1, -0.05) is 24.3 Å². The minimum absolute atomic E-state index is 0.118. The molecule has 0 saturated carbocycles. The topological polar surface area (TPSA) is 86.8 Å². The lowest BCUT2D eigenvalue weighted by atomic mass is 10.1. The van der Waals surface area contributed by atoms with Gasteiger partial charge < -0.3 is 5.32 Å². The summed E-state index contributed by atoms with van der Waals surface area (Å²) >= 11 is 0. The van der Waals surface area contributed by atoms with E-state index in [0.29, 0.717) is 9.80 Å². The Morgan fingerprint density at radius 1 is 1.25 bits per heavy atom. The van der Waals surface area contributed by atoms with Crippen molar-refractivity contribution in [3.8, 4) is 0 Å². The van der Waals surface area contributed by atoms with Crippen LogP contribution in [0.4, 0.5) is 9.18 Å². The average molecular weight is 333 g/mol. The molecule has 1 unspecified atom stereocenters. The van der Waals surface area contributed by atoms with Gasteiger partial charge in [-0.25, -0.2) is 14.1 Å². The summed E-state index contributed by atoms with van der Waals surface area (Å²) in [6.07, 6.45) is 1.30. The molecule has 0 radical (unpaired) electrons. The van der Waals surface area contributed by atoms with Crippen LogP contribution in [0.3, 0.4) is 0 Å². The molecule has 1 atom stereocenters. The number of hydrogen-bond acceptors (Lipinski definition) is 4. The van der Waals surface area contributed by atoms with Crippen LogP contribution in [0.5, 0.6) is 0 Å². The van der Waals surface area contributed by atoms with Crippen molar-refractivity contribution < 1.29 is 23.6 Å². The summed E-state index contributed by atoms with van der Waals surface area (Å²) in [5, 5.41) is 2.49. The second-order valence-corrected chi connectivity index (χ2v) is 5.19. The van der Waals surface area contributed by atoms with Gasteiger partial charge in [-0.05, 0) is 13.0 Å². The molecule has 5 amide bonds. The molecule has 8 heteroatoms. The number of nitrogens with zero attached hydrogens (tertiary/aromatic N) is 2. The van der Waals surface area contributed by atoms with E-state index < -0.39 is 42.2 Å². The molecule has 1 heterocycles. The fraction of sp³-hybridized carbons (Fsp3) is 0.250. The van der Waals surface area contributed by atoms with Crippen molar-refractivity contribution in [2.24, 2.45) is 0 Å². The fourth-order valence-electron chi connectivity index (χ4n) is 2.31. The van der Waals surface area contributed by atoms with Crippen LogP contribution in [0.25, 0.3) is 0 Å². The summed E-state index contributed by atoms with van der Waals surface area (Å²) in [6.45, 7) is 4.23. The van der Waals surface area contributed by atoms with Crippen LogP contribution in [-0.4, -0.2) is 46.6 Å². The van der Waals surface area contributed by atoms with E-state index in [2.05, 4.69) is 11.9 Å². The molecule has 1 N–H and O–H groups in total. The molecule has 1 aromatic rings. The molecule has 0 bridgehead atoms. The molecule has 1 saturated heterocycles. The Balaban J connectivity index is 2.03. The van der Waals surface area contributed by atoms with Crippen LogP contribution in [0, 0.1) is 5.82 Å². The van der Waals surface area contributed by atoms with Crippen molar-refractivity contribution in [3.63, 3.8) is 0 Å². The van der Waals surface area contributed by atoms with Crippen molar-refractivity contribution >= 4 is 23.8 Å². The van der Waals surface area contributed by atoms with Gasteiger partial charge in [-0.3, -0.25) is 19.3 Å². The van der Waals surface area contributed by atoms with E-state index in [9.17, 15) is 23.6 Å². The highest BCUT2D eigenvalue weighted by Crippen LogP contribution is 2.16. The number of halogens is 1. The Morgan fingerprint density at radius 3 is 2.50 bits per heavy atom. The monoisotopic (exact) mass is 333 g/mol. The van der Waals surface area contributed by atoms with Gasteiger partial charge in [0.1, 0.15) is 12.4 Å². The predicted octanol–water partition coefficient (Wildman–Crippen LogP) is 0.980. The van der Waals surface area contributed by atoms with E-state index in [1.165, 1.54) is 24.3 Å². The maximum atomic E-state index is 13.7. The third kappa shape index (κ3) is 3.32. The lowest BCUT2D eigenvalue weighted by Gasteiger charge is -2.18. The number of carbonyl (C=O) groups excluding carboxylic acids is 4. The van der Waals surface area contributed by atoms with Crippen molar-refractivity contribution in [2.45, 2.75) is 13.0 Å². The van der Waals surface area contributed by atoms with E-state index >= 15 is 0 Å². The first-order chi connectivity index (χ1) is 11.4. The smallest absolute Gasteiger partial charge is 0.335 e. The molecule has 0 aromatic heterocycles. The van der Waals surface area contributed by atoms with Crippen LogP contribution in [0.2, 0.25) is 0 Å². The number of urea groups is 1. The highest BCUT2D eigenvalue weighted by Gasteiger charge is 2.44. The van der Waals surface area contributed by atoms with Crippen LogP contribution in [0.1, 0.15) is 18.5 Å². The van der Waals surface area contributed by atoms with E-state index in [1.54, 1.807) is 13.0 Å². The van der Waals surface area contributed by atoms with Crippen molar-refractivity contribution in [1.29, 1.82) is 0 Å². The van der Waals surface area contributed by atoms with Gasteiger partial charge in [0.2, 0.25) is 5.91 Å². The Morgan fingerprint density at radius 2 is 1.88 bits per heavy atom. The Hall–Kier alpha value is -3.03. The van der Waals surface area contributed by atoms with Gasteiger partial charge in [0.25, 0.3) is 0 Å². The number of nitrogens with one attached hydrogen (secondary N) is 1. The second-order valence-electron chi connectivity index (χ2n) is 5.19. The van der Waals surface area contributed by atoms with Gasteiger partial charge in [0.15, 0.2) is 0 Å². The maximum absolute atomic E-state index is 13.7. The second kappa shape index (κ2) is 7.03. The van der Waals surface area contributed by atoms with Gasteiger partial charge in [-0.2, -0.15) is 0 Å². The first-order valence-corrected chi connectivity index (χ1v) is 7.18. The molecule has 0 aliphatic carbocycles. The third-order valence-electron chi connectivity index (χ3n) is 3.50. The Bertz CT molecular complexity index is 719. The molecule has 7 nitrogen and oxygen atoms in total. The number of rotatable bonds is 6. The van der Waals surface area contributed by atoms with Gasteiger partial charge in [0, 0.05) is 12.1 Å². The summed E-state index contributed by atoms with van der Waals surface area (Å²) in [5.74, 6) is -3.24. The third-order valence-corrected chi connectivity index (χ3v) is 3.50. The highest BCUT2D eigenvalue weighted by atomic mass is 19.1. The molecule has 126 valence electrons. The van der Waals surface area contributed by atoms with Crippen LogP contribution >= 0.6 is 0 Å². The Labute approximate surface area is 137 Å². The quantitative estimate of drug-likeness (QED) is 0.478. The summed E-state index contributed by atoms with van der Waals surface area (Å²) < 4.78 is 13.7. The van der Waals surface area contributed by atoms with Crippen LogP contribution < -0.4 is 5.32 Å². The van der Waals surface area contributed by atoms with E-state index in [1.807, 2.05) is 0 Å². The highest BCUT2D eigenvalue weighted by molar-refractivity contribution is 6.45. The number of carbonyl (C=O) groups is 4. The number of hydrogen-bond donors (Lipinski definition) is 1. The van der Waals surface area contributed by atoms with E-state index in [0.717, 1.165) is 0 Å². The molecular formula is C16H16FN3O4. The molecule has 1 aliphatic rings. The minimum atomic E-state index is -1.07. The molecule has 1 aliphatic heterocycles. The first kappa shape index (κ1) is 17.3. The molecule has 24 heavy (non-hydrogen) atoms. The predicted molar refractivity (Wildman–Crippen MR) is 82.0 cm³/mol. The number of amides is 5. The summed E-state index contributed by atoms with van der Waals surface area (Å²) in [5.41, 5.74) is 0.272. The van der Waals surface area contributed by atoms with E-state index in [4.69, 9.17) is 0 Å². The van der Waals surface area contributed by atoms with Crippen molar-refractivity contribution in [3.05, 3.63) is 48.3 Å². The largest absolute Gasteiger partial charge is 0.348 e. The lowest BCUT2D eigenvalue weighted by Crippen LogP contribution is -2.42. The summed E-state index contributed by atoms with van der Waals surface area (Å²) in [7, 11) is 0. The van der Waals surface area contributed by atoms with Gasteiger partial charge in [0.05, 0.1) is 6.04 Å². The van der Waals surface area contributed by atoms with Gasteiger partial charge >= 0.3 is 17.8 Å². The summed E-state index contributed by atoms with van der Waals surface area (Å²) in [4.78, 5) is 48.7. The molecule has 0 spiro atoms. The standard InChI is InChI=1S/C16H16FN3O4/c1-3-8-19-14(22)15(23)20(16(19)24)9-13(21)18-10(2)11-6-4-5-7-12(11)17/h3-7,10H,1,8-9H2,2H3,(H,18,21). The normalized spacial score (nSPS) is 15.7. The van der Waals surface area contributed by atoms with E-state index in [-0.39, 0.29) is 12.1 Å². The Kier molecular flexibility index (Phi) is 5.08. The van der Waals surface area contributed by atoms with Crippen molar-refractivity contribution in [2.75, 3.05) is 13.1 Å². The SMILES string of the molecule is C=CCN1C(=O)C(=O)N(CC(=O)NC(C)c2ccccc2F)C1=O. The first-order valence-electron chi connectivity index (χ1n) is 7.18. The number of benzene rings is 1. The summed E-state index contributed by atoms with van der Waals surface area (Å²) in [6, 6.07) is 4.39. The zero-order chi connectivity index (χ0) is 17.9. The number of imide groups is 2. The molecule has 1 fully saturated rings. The van der Waals surface area contributed by atoms with Gasteiger partial charge in [-0.15, -0.1) is 6.58 Å². The fourth-order valence-corrected chi connectivity index (χ4v) is 2.31.